The molecule has 0 aromatic carbocycles. The van der Waals surface area contributed by atoms with Crippen molar-refractivity contribution in [2.24, 2.45) is 11.3 Å². The SMILES string of the molecule is C=C(C)/C(C)=C/C.C=CC(C)CC.C=CCC.CC.CC.CC/C1=C/CC=CCC(C(C)(C)C)N1.CCCCCC. The molecule has 41 heavy (non-hydrogen) atoms. The highest BCUT2D eigenvalue weighted by Gasteiger charge is 2.23. The molecule has 0 saturated heterocycles. The van der Waals surface area contributed by atoms with E-state index in [1.807, 2.05) is 53.7 Å². The second kappa shape index (κ2) is 42.7. The first-order valence-electron chi connectivity index (χ1n) is 17.0. The molecule has 0 saturated carbocycles. The van der Waals surface area contributed by atoms with Crippen molar-refractivity contribution in [3.8, 4) is 0 Å². The van der Waals surface area contributed by atoms with Crippen molar-refractivity contribution in [2.75, 3.05) is 0 Å². The molecule has 246 valence electrons. The standard InChI is InChI=1S/C13H23N.C7H12.C6H12.C6H14.C4H8.2C2H6/c1-5-11-9-7-6-8-10-12(14-11)13(2,3)4;1-5-7(4)6(2)3;1-4-6(3)5-2;1-3-5-6-4-2;1-3-4-2;2*1-2/h6,8-9,12,14H,5,7,10H2,1-4H3;5H,2H2,1,3-4H3;4,6H,1,5H2,2-3H3;3-6H2,1-2H3;3H,1,4H2,2H3;2*1-2H3/b8-6?,11-9-;7-5+;;;;;. The summed E-state index contributed by atoms with van der Waals surface area (Å²) in [5.74, 6) is 0.699. The molecule has 1 aliphatic rings. The van der Waals surface area contributed by atoms with E-state index in [1.165, 1.54) is 43.4 Å². The molecule has 2 atom stereocenters. The predicted octanol–water partition coefficient (Wildman–Crippen LogP) is 14.6. The molecule has 0 aromatic rings. The molecule has 1 N–H and O–H groups in total. The maximum absolute atomic E-state index is 3.76. The monoisotopic (exact) mass is 576 g/mol. The lowest BCUT2D eigenvalue weighted by Crippen LogP contribution is -2.39. The Morgan fingerprint density at radius 1 is 0.951 bits per heavy atom. The Balaban J connectivity index is -0.0000000974. The van der Waals surface area contributed by atoms with E-state index in [0.717, 1.165) is 31.3 Å². The maximum Gasteiger partial charge on any atom is 0.0340 e. The normalized spacial score (nSPS) is 15.5. The molecular weight excluding hydrogens is 494 g/mol. The minimum atomic E-state index is 0.329. The van der Waals surface area contributed by atoms with E-state index < -0.39 is 0 Å². The van der Waals surface area contributed by atoms with Crippen LogP contribution in [0.4, 0.5) is 0 Å². The average Bonchev–Trinajstić information content (AvgIpc) is 2.97. The zero-order chi connectivity index (χ0) is 33.7. The van der Waals surface area contributed by atoms with E-state index in [0.29, 0.717) is 17.4 Å². The molecule has 1 heterocycles. The number of unbranched alkanes of at least 4 members (excludes halogenated alkanes) is 3. The molecule has 1 heteroatoms. The van der Waals surface area contributed by atoms with Crippen LogP contribution < -0.4 is 5.32 Å². The van der Waals surface area contributed by atoms with Crippen LogP contribution in [0.1, 0.15) is 169 Å². The van der Waals surface area contributed by atoms with Gasteiger partial charge in [0.1, 0.15) is 0 Å². The van der Waals surface area contributed by atoms with Crippen molar-refractivity contribution in [3.05, 3.63) is 73.0 Å². The summed E-state index contributed by atoms with van der Waals surface area (Å²) in [5, 5.41) is 3.66. The van der Waals surface area contributed by atoms with Gasteiger partial charge < -0.3 is 5.32 Å². The van der Waals surface area contributed by atoms with Gasteiger partial charge >= 0.3 is 0 Å². The van der Waals surface area contributed by atoms with Crippen molar-refractivity contribution >= 4 is 0 Å². The van der Waals surface area contributed by atoms with Crippen molar-refractivity contribution in [2.45, 2.75) is 175 Å². The number of hydrogen-bond acceptors (Lipinski definition) is 1. The van der Waals surface area contributed by atoms with Gasteiger partial charge in [0, 0.05) is 11.7 Å². The Bertz CT molecular complexity index is 605. The van der Waals surface area contributed by atoms with Crippen LogP contribution in [-0.2, 0) is 0 Å². The predicted molar refractivity (Wildman–Crippen MR) is 200 cm³/mol. The van der Waals surface area contributed by atoms with E-state index in [2.05, 4.69) is 119 Å². The summed E-state index contributed by atoms with van der Waals surface area (Å²) in [6.45, 7) is 44.9. The van der Waals surface area contributed by atoms with Crippen LogP contribution in [0.15, 0.2) is 73.0 Å². The molecule has 2 unspecified atom stereocenters. The minimum Gasteiger partial charge on any atom is -0.385 e. The zero-order valence-electron chi connectivity index (χ0n) is 31.6. The van der Waals surface area contributed by atoms with E-state index in [1.54, 1.807) is 0 Å². The largest absolute Gasteiger partial charge is 0.385 e. The lowest BCUT2D eigenvalue weighted by Gasteiger charge is -2.33. The highest BCUT2D eigenvalue weighted by molar-refractivity contribution is 5.22. The summed E-state index contributed by atoms with van der Waals surface area (Å²) in [4.78, 5) is 0. The van der Waals surface area contributed by atoms with Gasteiger partial charge in [-0.2, -0.15) is 0 Å². The molecule has 0 radical (unpaired) electrons. The highest BCUT2D eigenvalue weighted by Crippen LogP contribution is 2.24. The van der Waals surface area contributed by atoms with Crippen LogP contribution >= 0.6 is 0 Å². The number of hydrogen-bond donors (Lipinski definition) is 1. The molecule has 1 nitrogen and oxygen atoms in total. The van der Waals surface area contributed by atoms with Gasteiger partial charge in [0.25, 0.3) is 0 Å². The summed E-state index contributed by atoms with van der Waals surface area (Å²) in [6.07, 6.45) is 23.9. The summed E-state index contributed by atoms with van der Waals surface area (Å²) in [7, 11) is 0. The summed E-state index contributed by atoms with van der Waals surface area (Å²) < 4.78 is 0. The molecule has 0 aliphatic carbocycles. The molecule has 0 amide bonds. The smallest absolute Gasteiger partial charge is 0.0340 e. The van der Waals surface area contributed by atoms with Gasteiger partial charge in [-0.1, -0.05) is 176 Å². The van der Waals surface area contributed by atoms with Gasteiger partial charge in [0.2, 0.25) is 0 Å². The van der Waals surface area contributed by atoms with Gasteiger partial charge in [-0.05, 0) is 57.8 Å². The average molecular weight is 576 g/mol. The van der Waals surface area contributed by atoms with Crippen LogP contribution in [0.3, 0.4) is 0 Å². The Kier molecular flexibility index (Phi) is 54.1. The van der Waals surface area contributed by atoms with Crippen molar-refractivity contribution in [3.63, 3.8) is 0 Å². The fraction of sp³-hybridized carbons (Fsp3) is 0.700. The van der Waals surface area contributed by atoms with Gasteiger partial charge in [-0.3, -0.25) is 0 Å². The number of nitrogens with one attached hydrogen (secondary N) is 1. The topological polar surface area (TPSA) is 12.0 Å². The van der Waals surface area contributed by atoms with Crippen LogP contribution in [0.2, 0.25) is 0 Å². The Morgan fingerprint density at radius 3 is 1.63 bits per heavy atom. The number of allylic oxidation sites excluding steroid dienone is 8. The fourth-order valence-corrected chi connectivity index (χ4v) is 2.61. The molecular formula is C40H81N. The zero-order valence-corrected chi connectivity index (χ0v) is 31.6. The first-order chi connectivity index (χ1) is 19.4. The van der Waals surface area contributed by atoms with Crippen LogP contribution in [0, 0.1) is 11.3 Å². The first-order valence-corrected chi connectivity index (χ1v) is 17.0. The van der Waals surface area contributed by atoms with Crippen molar-refractivity contribution in [1.29, 1.82) is 0 Å². The third kappa shape index (κ3) is 48.3. The van der Waals surface area contributed by atoms with E-state index in [4.69, 9.17) is 0 Å². The molecule has 0 spiro atoms. The van der Waals surface area contributed by atoms with Crippen molar-refractivity contribution < 1.29 is 0 Å². The Labute approximate surface area is 263 Å². The second-order valence-corrected chi connectivity index (χ2v) is 10.9. The van der Waals surface area contributed by atoms with Crippen LogP contribution in [0.25, 0.3) is 0 Å². The quantitative estimate of drug-likeness (QED) is 0.172. The fourth-order valence-electron chi connectivity index (χ4n) is 2.61. The minimum absolute atomic E-state index is 0.329. The van der Waals surface area contributed by atoms with Gasteiger partial charge in [-0.15, -0.1) is 13.2 Å². The number of rotatable bonds is 8. The third-order valence-corrected chi connectivity index (χ3v) is 6.22. The van der Waals surface area contributed by atoms with E-state index >= 15 is 0 Å². The van der Waals surface area contributed by atoms with Gasteiger partial charge in [0.05, 0.1) is 0 Å². The van der Waals surface area contributed by atoms with E-state index in [-0.39, 0.29) is 0 Å². The molecule has 0 bridgehead atoms. The van der Waals surface area contributed by atoms with E-state index in [9.17, 15) is 0 Å². The first kappa shape index (κ1) is 51.9. The second-order valence-electron chi connectivity index (χ2n) is 10.9. The van der Waals surface area contributed by atoms with Crippen LogP contribution in [0.5, 0.6) is 0 Å². The van der Waals surface area contributed by atoms with Gasteiger partial charge in [0.15, 0.2) is 0 Å². The molecule has 0 aromatic heterocycles. The Hall–Kier alpha value is -1.76. The molecule has 1 rings (SSSR count). The summed E-state index contributed by atoms with van der Waals surface area (Å²) >= 11 is 0. The lowest BCUT2D eigenvalue weighted by molar-refractivity contribution is 0.282. The summed E-state index contributed by atoms with van der Waals surface area (Å²) in [5.41, 5.74) is 4.16. The highest BCUT2D eigenvalue weighted by atomic mass is 14.9. The summed E-state index contributed by atoms with van der Waals surface area (Å²) in [6, 6.07) is 0.560. The molecule has 1 aliphatic heterocycles. The molecule has 0 fully saturated rings. The maximum atomic E-state index is 3.76. The third-order valence-electron chi connectivity index (χ3n) is 6.22. The van der Waals surface area contributed by atoms with Gasteiger partial charge in [-0.25, -0.2) is 0 Å². The van der Waals surface area contributed by atoms with Crippen molar-refractivity contribution in [1.82, 2.24) is 5.32 Å². The Morgan fingerprint density at radius 2 is 1.41 bits per heavy atom. The lowest BCUT2D eigenvalue weighted by atomic mass is 9.84. The van der Waals surface area contributed by atoms with Crippen LogP contribution in [-0.4, -0.2) is 6.04 Å².